The summed E-state index contributed by atoms with van der Waals surface area (Å²) in [6, 6.07) is 0. The summed E-state index contributed by atoms with van der Waals surface area (Å²) >= 11 is 0. The second-order valence-electron chi connectivity index (χ2n) is 4.23. The molecule has 3 rings (SSSR count). The minimum Gasteiger partial charge on any atom is -0.275 e. The maximum atomic E-state index is 4.60. The lowest BCUT2D eigenvalue weighted by Gasteiger charge is -2.02. The predicted octanol–water partition coefficient (Wildman–Crippen LogP) is 1.75. The van der Waals surface area contributed by atoms with Gasteiger partial charge < -0.3 is 0 Å². The zero-order chi connectivity index (χ0) is 12.0. The van der Waals surface area contributed by atoms with Crippen molar-refractivity contribution in [2.45, 2.75) is 13.8 Å². The molecule has 0 saturated heterocycles. The molecular weight excluding hydrogens is 214 g/mol. The van der Waals surface area contributed by atoms with Crippen LogP contribution in [0.5, 0.6) is 0 Å². The standard InChI is InChI=1S/C12H13N5/c1-8-4-14-17-7-11(15-9(2)12(8)17)10-5-13-16(3)6-10/h4-7H,1-3H3. The van der Waals surface area contributed by atoms with E-state index in [1.165, 1.54) is 0 Å². The zero-order valence-corrected chi connectivity index (χ0v) is 10.0. The number of aromatic nitrogens is 5. The van der Waals surface area contributed by atoms with Crippen LogP contribution in [0.2, 0.25) is 0 Å². The normalized spacial score (nSPS) is 11.2. The van der Waals surface area contributed by atoms with Gasteiger partial charge >= 0.3 is 0 Å². The van der Waals surface area contributed by atoms with E-state index in [0.717, 1.165) is 28.0 Å². The Morgan fingerprint density at radius 1 is 1.06 bits per heavy atom. The van der Waals surface area contributed by atoms with Gasteiger partial charge in [-0.1, -0.05) is 0 Å². The van der Waals surface area contributed by atoms with E-state index in [2.05, 4.69) is 15.2 Å². The highest BCUT2D eigenvalue weighted by Gasteiger charge is 2.09. The molecule has 0 aliphatic heterocycles. The molecule has 0 amide bonds. The molecule has 0 aromatic carbocycles. The van der Waals surface area contributed by atoms with Crippen LogP contribution in [-0.4, -0.2) is 24.4 Å². The van der Waals surface area contributed by atoms with Gasteiger partial charge in [0, 0.05) is 18.8 Å². The van der Waals surface area contributed by atoms with E-state index in [1.807, 2.05) is 50.2 Å². The fourth-order valence-corrected chi connectivity index (χ4v) is 2.07. The first-order valence-corrected chi connectivity index (χ1v) is 5.46. The van der Waals surface area contributed by atoms with E-state index in [9.17, 15) is 0 Å². The van der Waals surface area contributed by atoms with Crippen molar-refractivity contribution in [1.82, 2.24) is 24.4 Å². The third kappa shape index (κ3) is 1.51. The third-order valence-corrected chi connectivity index (χ3v) is 2.85. The molecule has 5 nitrogen and oxygen atoms in total. The van der Waals surface area contributed by atoms with Gasteiger partial charge in [0.15, 0.2) is 0 Å². The number of aryl methyl sites for hydroxylation is 3. The van der Waals surface area contributed by atoms with Crippen molar-refractivity contribution in [1.29, 1.82) is 0 Å². The predicted molar refractivity (Wildman–Crippen MR) is 64.7 cm³/mol. The minimum absolute atomic E-state index is 0.895. The summed E-state index contributed by atoms with van der Waals surface area (Å²) in [5.74, 6) is 0. The average Bonchev–Trinajstić information content (AvgIpc) is 2.86. The summed E-state index contributed by atoms with van der Waals surface area (Å²) in [7, 11) is 1.90. The highest BCUT2D eigenvalue weighted by molar-refractivity contribution is 5.63. The van der Waals surface area contributed by atoms with E-state index in [4.69, 9.17) is 0 Å². The first kappa shape index (κ1) is 10.0. The topological polar surface area (TPSA) is 48.0 Å². The zero-order valence-electron chi connectivity index (χ0n) is 10.0. The smallest absolute Gasteiger partial charge is 0.0921 e. The lowest BCUT2D eigenvalue weighted by molar-refractivity contribution is 0.768. The third-order valence-electron chi connectivity index (χ3n) is 2.85. The van der Waals surface area contributed by atoms with Gasteiger partial charge in [-0.25, -0.2) is 9.50 Å². The van der Waals surface area contributed by atoms with Gasteiger partial charge in [-0.2, -0.15) is 10.2 Å². The average molecular weight is 227 g/mol. The fraction of sp³-hybridized carbons (Fsp3) is 0.250. The largest absolute Gasteiger partial charge is 0.275 e. The Labute approximate surface area is 98.7 Å². The van der Waals surface area contributed by atoms with E-state index in [1.54, 1.807) is 4.68 Å². The summed E-state index contributed by atoms with van der Waals surface area (Å²) in [4.78, 5) is 4.60. The second-order valence-corrected chi connectivity index (χ2v) is 4.23. The van der Waals surface area contributed by atoms with E-state index < -0.39 is 0 Å². The Morgan fingerprint density at radius 2 is 1.88 bits per heavy atom. The molecule has 0 N–H and O–H groups in total. The van der Waals surface area contributed by atoms with E-state index >= 15 is 0 Å². The van der Waals surface area contributed by atoms with Crippen molar-refractivity contribution in [2.24, 2.45) is 7.05 Å². The molecule has 0 unspecified atom stereocenters. The molecule has 0 saturated carbocycles. The van der Waals surface area contributed by atoms with Crippen LogP contribution in [0.3, 0.4) is 0 Å². The molecule has 17 heavy (non-hydrogen) atoms. The number of hydrogen-bond acceptors (Lipinski definition) is 3. The Bertz CT molecular complexity index is 692. The van der Waals surface area contributed by atoms with Gasteiger partial charge in [0.2, 0.25) is 0 Å². The summed E-state index contributed by atoms with van der Waals surface area (Å²) in [5, 5.41) is 8.48. The van der Waals surface area contributed by atoms with Crippen molar-refractivity contribution in [3.05, 3.63) is 36.0 Å². The van der Waals surface area contributed by atoms with Crippen LogP contribution in [0, 0.1) is 13.8 Å². The molecule has 0 radical (unpaired) electrons. The van der Waals surface area contributed by atoms with E-state index in [-0.39, 0.29) is 0 Å². The quantitative estimate of drug-likeness (QED) is 0.636. The van der Waals surface area contributed by atoms with Crippen molar-refractivity contribution in [2.75, 3.05) is 0 Å². The SMILES string of the molecule is Cc1cnn2cc(-c3cnn(C)c3)nc(C)c12. The molecule has 86 valence electrons. The van der Waals surface area contributed by atoms with Gasteiger partial charge in [-0.3, -0.25) is 4.68 Å². The summed E-state index contributed by atoms with van der Waals surface area (Å²) < 4.78 is 3.64. The maximum absolute atomic E-state index is 4.60. The highest BCUT2D eigenvalue weighted by atomic mass is 15.2. The molecule has 3 aromatic rings. The van der Waals surface area contributed by atoms with Crippen molar-refractivity contribution < 1.29 is 0 Å². The van der Waals surface area contributed by atoms with Gasteiger partial charge in [0.25, 0.3) is 0 Å². The number of rotatable bonds is 1. The minimum atomic E-state index is 0.895. The van der Waals surface area contributed by atoms with Crippen molar-refractivity contribution >= 4 is 5.52 Å². The number of fused-ring (bicyclic) bond motifs is 1. The van der Waals surface area contributed by atoms with Crippen LogP contribution in [0.4, 0.5) is 0 Å². The van der Waals surface area contributed by atoms with Crippen LogP contribution in [-0.2, 0) is 7.05 Å². The maximum Gasteiger partial charge on any atom is 0.0921 e. The molecule has 0 fully saturated rings. The first-order chi connectivity index (χ1) is 8.15. The Hall–Kier alpha value is -2.17. The molecule has 0 aliphatic rings. The lowest BCUT2D eigenvalue weighted by atomic mass is 10.2. The number of hydrogen-bond donors (Lipinski definition) is 0. The first-order valence-electron chi connectivity index (χ1n) is 5.46. The van der Waals surface area contributed by atoms with Gasteiger partial charge in [-0.15, -0.1) is 0 Å². The molecule has 5 heteroatoms. The molecule has 0 bridgehead atoms. The summed E-state index contributed by atoms with van der Waals surface area (Å²) in [5.41, 5.74) is 5.11. The second kappa shape index (κ2) is 3.41. The monoisotopic (exact) mass is 227 g/mol. The molecule has 0 atom stereocenters. The molecule has 3 aromatic heterocycles. The molecule has 3 heterocycles. The molecular formula is C12H13N5. The number of nitrogens with zero attached hydrogens (tertiary/aromatic N) is 5. The van der Waals surface area contributed by atoms with Gasteiger partial charge in [0.05, 0.1) is 35.5 Å². The van der Waals surface area contributed by atoms with Crippen molar-refractivity contribution in [3.63, 3.8) is 0 Å². The van der Waals surface area contributed by atoms with E-state index in [0.29, 0.717) is 0 Å². The van der Waals surface area contributed by atoms with Crippen LogP contribution in [0.1, 0.15) is 11.3 Å². The van der Waals surface area contributed by atoms with Gasteiger partial charge in [0.1, 0.15) is 0 Å². The fourth-order valence-electron chi connectivity index (χ4n) is 2.07. The van der Waals surface area contributed by atoms with Crippen LogP contribution in [0.25, 0.3) is 16.8 Å². The highest BCUT2D eigenvalue weighted by Crippen LogP contribution is 2.20. The lowest BCUT2D eigenvalue weighted by Crippen LogP contribution is -1.96. The Kier molecular flexibility index (Phi) is 2.01. The van der Waals surface area contributed by atoms with Crippen LogP contribution >= 0.6 is 0 Å². The molecule has 0 spiro atoms. The summed E-state index contributed by atoms with van der Waals surface area (Å²) in [6.07, 6.45) is 7.55. The van der Waals surface area contributed by atoms with Crippen LogP contribution < -0.4 is 0 Å². The molecule has 0 aliphatic carbocycles. The van der Waals surface area contributed by atoms with Crippen LogP contribution in [0.15, 0.2) is 24.8 Å². The van der Waals surface area contributed by atoms with Gasteiger partial charge in [-0.05, 0) is 19.4 Å². The van der Waals surface area contributed by atoms with Crippen molar-refractivity contribution in [3.8, 4) is 11.3 Å². The Balaban J connectivity index is 2.25. The summed E-state index contributed by atoms with van der Waals surface area (Å²) in [6.45, 7) is 4.05. The Morgan fingerprint density at radius 3 is 2.59 bits per heavy atom.